The molecular formula is C28H29N3O3. The second-order valence-electron chi connectivity index (χ2n) is 9.17. The van der Waals surface area contributed by atoms with Crippen molar-refractivity contribution in [3.8, 4) is 0 Å². The van der Waals surface area contributed by atoms with Gasteiger partial charge < -0.3 is 4.42 Å². The molecule has 1 amide bonds. The van der Waals surface area contributed by atoms with Crippen LogP contribution in [0.4, 0.5) is 0 Å². The Morgan fingerprint density at radius 2 is 1.71 bits per heavy atom. The van der Waals surface area contributed by atoms with E-state index in [4.69, 9.17) is 9.52 Å². The maximum Gasteiger partial charge on any atom is 0.257 e. The van der Waals surface area contributed by atoms with Gasteiger partial charge >= 0.3 is 0 Å². The highest BCUT2D eigenvalue weighted by molar-refractivity contribution is 6.03. The van der Waals surface area contributed by atoms with Gasteiger partial charge in [0.25, 0.3) is 5.91 Å². The molecule has 1 fully saturated rings. The second kappa shape index (κ2) is 9.77. The number of furan rings is 1. The smallest absolute Gasteiger partial charge is 0.257 e. The van der Waals surface area contributed by atoms with Crippen LogP contribution >= 0.6 is 0 Å². The Morgan fingerprint density at radius 1 is 0.971 bits per heavy atom. The van der Waals surface area contributed by atoms with Gasteiger partial charge in [-0.15, -0.1) is 0 Å². The third-order valence-electron chi connectivity index (χ3n) is 6.80. The van der Waals surface area contributed by atoms with Crippen LogP contribution in [0.3, 0.4) is 0 Å². The molecule has 1 atom stereocenters. The Morgan fingerprint density at radius 3 is 2.38 bits per heavy atom. The Bertz CT molecular complexity index is 1160. The first-order valence-corrected chi connectivity index (χ1v) is 11.9. The van der Waals surface area contributed by atoms with Crippen molar-refractivity contribution in [2.24, 2.45) is 11.0 Å². The highest BCUT2D eigenvalue weighted by atomic mass is 16.3. The summed E-state index contributed by atoms with van der Waals surface area (Å²) in [6, 6.07) is 21.2. The molecule has 6 heteroatoms. The van der Waals surface area contributed by atoms with E-state index in [1.54, 1.807) is 11.3 Å². The van der Waals surface area contributed by atoms with Crippen LogP contribution in [0.1, 0.15) is 52.5 Å². The molecule has 0 aliphatic carbocycles. The lowest BCUT2D eigenvalue weighted by Crippen LogP contribution is -2.43. The average Bonchev–Trinajstić information content (AvgIpc) is 3.55. The van der Waals surface area contributed by atoms with Crippen molar-refractivity contribution >= 4 is 17.4 Å². The number of carbonyl (C=O) groups is 2. The van der Waals surface area contributed by atoms with E-state index in [9.17, 15) is 9.59 Å². The van der Waals surface area contributed by atoms with Crippen LogP contribution in [0.5, 0.6) is 0 Å². The molecule has 2 aliphatic rings. The lowest BCUT2D eigenvalue weighted by Gasteiger charge is -2.32. The summed E-state index contributed by atoms with van der Waals surface area (Å²) in [7, 11) is 0. The van der Waals surface area contributed by atoms with E-state index in [2.05, 4.69) is 36.1 Å². The van der Waals surface area contributed by atoms with Crippen LogP contribution in [0.25, 0.3) is 0 Å². The van der Waals surface area contributed by atoms with Crippen LogP contribution in [0, 0.1) is 12.8 Å². The number of rotatable bonds is 6. The molecule has 0 radical (unpaired) electrons. The van der Waals surface area contributed by atoms with Gasteiger partial charge in [-0.3, -0.25) is 14.5 Å². The van der Waals surface area contributed by atoms with Crippen molar-refractivity contribution in [3.63, 3.8) is 0 Å². The fourth-order valence-corrected chi connectivity index (χ4v) is 4.82. The molecular weight excluding hydrogens is 426 g/mol. The first kappa shape index (κ1) is 22.3. The molecule has 6 nitrogen and oxygen atoms in total. The molecule has 34 heavy (non-hydrogen) atoms. The molecule has 0 saturated carbocycles. The summed E-state index contributed by atoms with van der Waals surface area (Å²) in [5, 5.41) is 6.33. The normalized spacial score (nSPS) is 19.3. The largest absolute Gasteiger partial charge is 0.467 e. The average molecular weight is 456 g/mol. The zero-order chi connectivity index (χ0) is 23.5. The number of amides is 1. The van der Waals surface area contributed by atoms with Crippen molar-refractivity contribution in [1.29, 1.82) is 0 Å². The van der Waals surface area contributed by atoms with Crippen molar-refractivity contribution in [1.82, 2.24) is 9.91 Å². The van der Waals surface area contributed by atoms with Crippen LogP contribution in [0.2, 0.25) is 0 Å². The molecule has 174 valence electrons. The molecule has 5 rings (SSSR count). The van der Waals surface area contributed by atoms with Crippen LogP contribution in [0.15, 0.2) is 82.5 Å². The number of Topliss-reactive ketones (excluding diaryl/α,β-unsaturated/α-hetero) is 1. The van der Waals surface area contributed by atoms with Crippen LogP contribution < -0.4 is 0 Å². The zero-order valence-electron chi connectivity index (χ0n) is 19.4. The molecule has 3 aromatic rings. The number of carbonyl (C=O) groups excluding carboxylic acids is 2. The number of likely N-dealkylation sites (tertiary alicyclic amines) is 1. The first-order valence-electron chi connectivity index (χ1n) is 11.9. The predicted molar refractivity (Wildman–Crippen MR) is 131 cm³/mol. The molecule has 1 saturated heterocycles. The predicted octanol–water partition coefficient (Wildman–Crippen LogP) is 4.86. The highest BCUT2D eigenvalue weighted by Crippen LogP contribution is 2.33. The number of nitrogens with zero attached hydrogens (tertiary/aromatic N) is 3. The molecule has 1 unspecified atom stereocenters. The van der Waals surface area contributed by atoms with Crippen molar-refractivity contribution in [2.75, 3.05) is 19.6 Å². The van der Waals surface area contributed by atoms with Gasteiger partial charge in [0.1, 0.15) is 11.8 Å². The minimum Gasteiger partial charge on any atom is -0.467 e. The van der Waals surface area contributed by atoms with Gasteiger partial charge in [0.05, 0.1) is 18.5 Å². The van der Waals surface area contributed by atoms with Gasteiger partial charge in [0, 0.05) is 17.9 Å². The minimum atomic E-state index is -0.240. The number of hydrazone groups is 1. The topological polar surface area (TPSA) is 66.1 Å². The number of ketones is 1. The summed E-state index contributed by atoms with van der Waals surface area (Å²) < 4.78 is 5.66. The Labute approximate surface area is 199 Å². The number of hydrogen-bond acceptors (Lipinski definition) is 5. The molecule has 0 spiro atoms. The summed E-state index contributed by atoms with van der Waals surface area (Å²) in [4.78, 5) is 28.3. The minimum absolute atomic E-state index is 0.0163. The summed E-state index contributed by atoms with van der Waals surface area (Å²) in [6.45, 7) is 3.79. The Kier molecular flexibility index (Phi) is 6.41. The number of aryl methyl sites for hydroxylation is 1. The number of hydrogen-bond donors (Lipinski definition) is 0. The van der Waals surface area contributed by atoms with E-state index in [0.717, 1.165) is 48.5 Å². The molecule has 0 N–H and O–H groups in total. The van der Waals surface area contributed by atoms with Crippen molar-refractivity contribution < 1.29 is 14.0 Å². The number of piperidine rings is 1. The molecule has 3 heterocycles. The summed E-state index contributed by atoms with van der Waals surface area (Å²) >= 11 is 0. The summed E-state index contributed by atoms with van der Waals surface area (Å²) in [5.74, 6) is 0.918. The monoisotopic (exact) mass is 455 g/mol. The summed E-state index contributed by atoms with van der Waals surface area (Å²) in [5.41, 5.74) is 3.87. The summed E-state index contributed by atoms with van der Waals surface area (Å²) in [6.07, 6.45) is 3.79. The van der Waals surface area contributed by atoms with E-state index in [0.29, 0.717) is 6.42 Å². The molecule has 2 aliphatic heterocycles. The van der Waals surface area contributed by atoms with Gasteiger partial charge in [0.2, 0.25) is 0 Å². The first-order chi connectivity index (χ1) is 16.6. The maximum absolute atomic E-state index is 13.4. The lowest BCUT2D eigenvalue weighted by atomic mass is 9.89. The van der Waals surface area contributed by atoms with Crippen molar-refractivity contribution in [2.45, 2.75) is 32.2 Å². The second-order valence-corrected chi connectivity index (χ2v) is 9.17. The lowest BCUT2D eigenvalue weighted by molar-refractivity contribution is -0.134. The molecule has 2 aromatic carbocycles. The van der Waals surface area contributed by atoms with E-state index < -0.39 is 0 Å². The van der Waals surface area contributed by atoms with Gasteiger partial charge in [-0.1, -0.05) is 60.2 Å². The Balaban J connectivity index is 1.25. The third kappa shape index (κ3) is 4.73. The number of benzene rings is 2. The standard InChI is InChI=1S/C28H29N3O3/c1-20-9-11-21(12-10-20)24-18-25(26-8-5-17-34-26)31(29-24)27(32)19-30-15-13-23(14-16-30)28(33)22-6-3-2-4-7-22/h2-12,17,23,25H,13-16,18-19H2,1H3. The fourth-order valence-electron chi connectivity index (χ4n) is 4.82. The van der Waals surface area contributed by atoms with Crippen LogP contribution in [-0.4, -0.2) is 46.9 Å². The molecule has 0 bridgehead atoms. The van der Waals surface area contributed by atoms with E-state index in [-0.39, 0.29) is 30.2 Å². The SMILES string of the molecule is Cc1ccc(C2=NN(C(=O)CN3CCC(C(=O)c4ccccc4)CC3)C(c3ccco3)C2)cc1. The van der Waals surface area contributed by atoms with Gasteiger partial charge in [-0.2, -0.15) is 5.10 Å². The van der Waals surface area contributed by atoms with E-state index in [1.165, 1.54) is 5.56 Å². The third-order valence-corrected chi connectivity index (χ3v) is 6.80. The zero-order valence-corrected chi connectivity index (χ0v) is 19.4. The van der Waals surface area contributed by atoms with E-state index in [1.807, 2.05) is 42.5 Å². The quantitative estimate of drug-likeness (QED) is 0.498. The van der Waals surface area contributed by atoms with E-state index >= 15 is 0 Å². The molecule has 1 aromatic heterocycles. The maximum atomic E-state index is 13.4. The van der Waals surface area contributed by atoms with Gasteiger partial charge in [-0.05, 0) is 50.6 Å². The van der Waals surface area contributed by atoms with Crippen molar-refractivity contribution in [3.05, 3.63) is 95.4 Å². The Hall–Kier alpha value is -3.51. The van der Waals surface area contributed by atoms with Gasteiger partial charge in [0.15, 0.2) is 5.78 Å². The fraction of sp³-hybridized carbons (Fsp3) is 0.321. The van der Waals surface area contributed by atoms with Gasteiger partial charge in [-0.25, -0.2) is 5.01 Å². The highest BCUT2D eigenvalue weighted by Gasteiger charge is 2.36. The van der Waals surface area contributed by atoms with Crippen LogP contribution in [-0.2, 0) is 4.79 Å².